The lowest BCUT2D eigenvalue weighted by molar-refractivity contribution is -0.123. The van der Waals surface area contributed by atoms with E-state index in [9.17, 15) is 4.79 Å². The zero-order valence-electron chi connectivity index (χ0n) is 14.9. The lowest BCUT2D eigenvalue weighted by atomic mass is 9.97. The smallest absolute Gasteiger partial charge is 0.223 e. The largest absolute Gasteiger partial charge is 0.492 e. The van der Waals surface area contributed by atoms with E-state index in [-0.39, 0.29) is 23.9 Å². The number of carbonyl (C=O) groups is 1. The Morgan fingerprint density at radius 2 is 1.69 bits per heavy atom. The summed E-state index contributed by atoms with van der Waals surface area (Å²) >= 11 is 0. The molecule has 0 aliphatic heterocycles. The van der Waals surface area contributed by atoms with Crippen molar-refractivity contribution < 1.29 is 9.53 Å². The third kappa shape index (κ3) is 4.99. The summed E-state index contributed by atoms with van der Waals surface area (Å²) in [5.41, 5.74) is 7.83. The molecule has 3 N–H and O–H groups in total. The molecule has 140 valence electrons. The van der Waals surface area contributed by atoms with Gasteiger partial charge in [-0.15, -0.1) is 12.4 Å². The van der Waals surface area contributed by atoms with E-state index < -0.39 is 0 Å². The Morgan fingerprint density at radius 1 is 1.04 bits per heavy atom. The molecule has 0 unspecified atom stereocenters. The third-order valence-corrected chi connectivity index (χ3v) is 4.91. The van der Waals surface area contributed by atoms with Crippen molar-refractivity contribution in [2.24, 2.45) is 5.73 Å². The Hall–Kier alpha value is -2.04. The molecule has 0 radical (unpaired) electrons. The van der Waals surface area contributed by atoms with E-state index >= 15 is 0 Å². The fourth-order valence-electron chi connectivity index (χ4n) is 3.49. The third-order valence-electron chi connectivity index (χ3n) is 4.91. The SMILES string of the molecule is Cl.NCC1(NC(=O)CCOc2ccccc2-c2ccccc2)CCCC1. The Labute approximate surface area is 161 Å². The van der Waals surface area contributed by atoms with E-state index in [1.165, 1.54) is 0 Å². The minimum absolute atomic E-state index is 0. The quantitative estimate of drug-likeness (QED) is 0.771. The highest BCUT2D eigenvalue weighted by Crippen LogP contribution is 2.30. The molecule has 0 bridgehead atoms. The van der Waals surface area contributed by atoms with Gasteiger partial charge in [0.05, 0.1) is 18.6 Å². The van der Waals surface area contributed by atoms with Gasteiger partial charge in [-0.3, -0.25) is 4.79 Å². The molecule has 5 heteroatoms. The summed E-state index contributed by atoms with van der Waals surface area (Å²) < 4.78 is 5.90. The first-order valence-electron chi connectivity index (χ1n) is 9.01. The molecule has 2 aromatic rings. The minimum atomic E-state index is -0.195. The van der Waals surface area contributed by atoms with Crippen molar-refractivity contribution in [2.45, 2.75) is 37.6 Å². The van der Waals surface area contributed by atoms with Crippen molar-refractivity contribution >= 4 is 18.3 Å². The van der Waals surface area contributed by atoms with Gasteiger partial charge in [0.1, 0.15) is 5.75 Å². The van der Waals surface area contributed by atoms with Crippen LogP contribution in [0.3, 0.4) is 0 Å². The van der Waals surface area contributed by atoms with Crippen LogP contribution in [-0.2, 0) is 4.79 Å². The number of amides is 1. The molecule has 0 atom stereocenters. The number of hydrogen-bond donors (Lipinski definition) is 2. The fourth-order valence-corrected chi connectivity index (χ4v) is 3.49. The highest BCUT2D eigenvalue weighted by Gasteiger charge is 2.33. The van der Waals surface area contributed by atoms with Crippen LogP contribution in [0.4, 0.5) is 0 Å². The maximum Gasteiger partial charge on any atom is 0.223 e. The number of benzene rings is 2. The number of nitrogens with one attached hydrogen (secondary N) is 1. The molecule has 1 fully saturated rings. The second kappa shape index (κ2) is 9.60. The van der Waals surface area contributed by atoms with Gasteiger partial charge in [-0.2, -0.15) is 0 Å². The van der Waals surface area contributed by atoms with Gasteiger partial charge in [0.15, 0.2) is 0 Å². The number of para-hydroxylation sites is 1. The summed E-state index contributed by atoms with van der Waals surface area (Å²) in [5, 5.41) is 3.13. The predicted octanol–water partition coefficient (Wildman–Crippen LogP) is 3.93. The summed E-state index contributed by atoms with van der Waals surface area (Å²) in [7, 11) is 0. The van der Waals surface area contributed by atoms with Crippen LogP contribution in [0, 0.1) is 0 Å². The topological polar surface area (TPSA) is 64.3 Å². The number of halogens is 1. The number of hydrogen-bond acceptors (Lipinski definition) is 3. The standard InChI is InChI=1S/C21H26N2O2.ClH/c22-16-21(13-6-7-14-21)23-20(24)12-15-25-19-11-5-4-10-18(19)17-8-2-1-3-9-17;/h1-5,8-11H,6-7,12-16,22H2,(H,23,24);1H. The van der Waals surface area contributed by atoms with Crippen LogP contribution in [0.1, 0.15) is 32.1 Å². The van der Waals surface area contributed by atoms with Gasteiger partial charge >= 0.3 is 0 Å². The summed E-state index contributed by atoms with van der Waals surface area (Å²) in [6.45, 7) is 0.868. The highest BCUT2D eigenvalue weighted by atomic mass is 35.5. The molecular formula is C21H27ClN2O2. The van der Waals surface area contributed by atoms with Gasteiger partial charge in [0.2, 0.25) is 5.91 Å². The van der Waals surface area contributed by atoms with E-state index in [1.54, 1.807) is 0 Å². The van der Waals surface area contributed by atoms with Gasteiger partial charge < -0.3 is 15.8 Å². The van der Waals surface area contributed by atoms with Gasteiger partial charge in [-0.1, -0.05) is 61.4 Å². The number of rotatable bonds is 7. The van der Waals surface area contributed by atoms with Crippen molar-refractivity contribution in [1.82, 2.24) is 5.32 Å². The molecular weight excluding hydrogens is 348 g/mol. The van der Waals surface area contributed by atoms with Gasteiger partial charge in [-0.05, 0) is 24.5 Å². The monoisotopic (exact) mass is 374 g/mol. The molecule has 1 aliphatic carbocycles. The van der Waals surface area contributed by atoms with Crippen LogP contribution >= 0.6 is 12.4 Å². The predicted molar refractivity (Wildman–Crippen MR) is 108 cm³/mol. The Kier molecular flexibility index (Phi) is 7.49. The molecule has 3 rings (SSSR count). The molecule has 0 spiro atoms. The molecule has 1 amide bonds. The van der Waals surface area contributed by atoms with Crippen molar-refractivity contribution in [3.05, 3.63) is 54.6 Å². The van der Waals surface area contributed by atoms with Crippen LogP contribution in [-0.4, -0.2) is 24.6 Å². The lowest BCUT2D eigenvalue weighted by Crippen LogP contribution is -2.51. The fraction of sp³-hybridized carbons (Fsp3) is 0.381. The second-order valence-corrected chi connectivity index (χ2v) is 6.70. The van der Waals surface area contributed by atoms with Crippen molar-refractivity contribution in [2.75, 3.05) is 13.2 Å². The minimum Gasteiger partial charge on any atom is -0.492 e. The van der Waals surface area contributed by atoms with Gasteiger partial charge in [0.25, 0.3) is 0 Å². The normalized spacial score (nSPS) is 15.1. The molecule has 0 saturated heterocycles. The molecule has 0 aromatic heterocycles. The van der Waals surface area contributed by atoms with Gasteiger partial charge in [0, 0.05) is 12.1 Å². The summed E-state index contributed by atoms with van der Waals surface area (Å²) in [6.07, 6.45) is 4.57. The Bertz CT molecular complexity index is 700. The summed E-state index contributed by atoms with van der Waals surface area (Å²) in [6, 6.07) is 18.0. The lowest BCUT2D eigenvalue weighted by Gasteiger charge is -2.28. The average Bonchev–Trinajstić information content (AvgIpc) is 3.12. The molecule has 26 heavy (non-hydrogen) atoms. The van der Waals surface area contributed by atoms with Crippen molar-refractivity contribution in [3.8, 4) is 16.9 Å². The molecule has 1 saturated carbocycles. The first kappa shape index (κ1) is 20.3. The maximum atomic E-state index is 12.3. The molecule has 1 aliphatic rings. The van der Waals surface area contributed by atoms with Crippen LogP contribution in [0.5, 0.6) is 5.75 Å². The van der Waals surface area contributed by atoms with Crippen LogP contribution in [0.2, 0.25) is 0 Å². The summed E-state index contributed by atoms with van der Waals surface area (Å²) in [4.78, 5) is 12.3. The van der Waals surface area contributed by atoms with Crippen LogP contribution < -0.4 is 15.8 Å². The van der Waals surface area contributed by atoms with Crippen LogP contribution in [0.15, 0.2) is 54.6 Å². The molecule has 4 nitrogen and oxygen atoms in total. The zero-order chi connectivity index (χ0) is 17.5. The first-order chi connectivity index (χ1) is 12.2. The van der Waals surface area contributed by atoms with E-state index in [0.29, 0.717) is 19.6 Å². The Morgan fingerprint density at radius 3 is 2.38 bits per heavy atom. The van der Waals surface area contributed by atoms with E-state index in [4.69, 9.17) is 10.5 Å². The van der Waals surface area contributed by atoms with Gasteiger partial charge in [-0.25, -0.2) is 0 Å². The Balaban J connectivity index is 0.00000243. The number of carbonyl (C=O) groups excluding carboxylic acids is 1. The average molecular weight is 375 g/mol. The first-order valence-corrected chi connectivity index (χ1v) is 9.01. The maximum absolute atomic E-state index is 12.3. The number of nitrogens with two attached hydrogens (primary N) is 1. The molecule has 2 aromatic carbocycles. The summed E-state index contributed by atoms with van der Waals surface area (Å²) in [5.74, 6) is 0.820. The van der Waals surface area contributed by atoms with E-state index in [0.717, 1.165) is 42.6 Å². The highest BCUT2D eigenvalue weighted by molar-refractivity contribution is 5.85. The van der Waals surface area contributed by atoms with Crippen LogP contribution in [0.25, 0.3) is 11.1 Å². The zero-order valence-corrected chi connectivity index (χ0v) is 15.8. The van der Waals surface area contributed by atoms with Crippen molar-refractivity contribution in [1.29, 1.82) is 0 Å². The van der Waals surface area contributed by atoms with Crippen molar-refractivity contribution in [3.63, 3.8) is 0 Å². The van der Waals surface area contributed by atoms with E-state index in [2.05, 4.69) is 17.4 Å². The molecule has 0 heterocycles. The van der Waals surface area contributed by atoms with E-state index in [1.807, 2.05) is 42.5 Å². The number of ether oxygens (including phenoxy) is 1. The second-order valence-electron chi connectivity index (χ2n) is 6.70.